The molecule has 2 rings (SSSR count). The van der Waals surface area contributed by atoms with Gasteiger partial charge in [-0.3, -0.25) is 9.69 Å². The predicted molar refractivity (Wildman–Crippen MR) is 75.4 cm³/mol. The number of aryl methyl sites for hydroxylation is 1. The molecule has 5 nitrogen and oxygen atoms in total. The van der Waals surface area contributed by atoms with E-state index in [1.807, 2.05) is 19.1 Å². The monoisotopic (exact) mass is 280 g/mol. The Morgan fingerprint density at radius 1 is 1.53 bits per heavy atom. The van der Waals surface area contributed by atoms with Crippen molar-refractivity contribution in [3.8, 4) is 0 Å². The molecule has 0 aliphatic carbocycles. The topological polar surface area (TPSA) is 54.7 Å². The fourth-order valence-corrected chi connectivity index (χ4v) is 2.10. The Morgan fingerprint density at radius 2 is 2.32 bits per heavy atom. The van der Waals surface area contributed by atoms with Crippen LogP contribution in [0.15, 0.2) is 22.2 Å². The summed E-state index contributed by atoms with van der Waals surface area (Å²) < 4.78 is 10.4. The van der Waals surface area contributed by atoms with Crippen LogP contribution in [0.2, 0.25) is 0 Å². The van der Waals surface area contributed by atoms with Crippen LogP contribution in [0.3, 0.4) is 0 Å². The Kier molecular flexibility index (Phi) is 4.34. The third-order valence-corrected chi connectivity index (χ3v) is 3.06. The third-order valence-electron chi connectivity index (χ3n) is 2.74. The number of hydrogen-bond donors (Lipinski definition) is 1. The molecule has 1 aliphatic heterocycles. The number of rotatable bonds is 5. The molecule has 0 aromatic carbocycles. The van der Waals surface area contributed by atoms with Crippen molar-refractivity contribution >= 4 is 29.3 Å². The molecule has 102 valence electrons. The van der Waals surface area contributed by atoms with E-state index in [1.165, 1.54) is 4.90 Å². The molecule has 0 spiro atoms. The molecule has 0 radical (unpaired) electrons. The summed E-state index contributed by atoms with van der Waals surface area (Å²) in [6.45, 7) is 3.00. The van der Waals surface area contributed by atoms with E-state index in [9.17, 15) is 4.79 Å². The zero-order chi connectivity index (χ0) is 13.8. The lowest BCUT2D eigenvalue weighted by Gasteiger charge is -2.12. The lowest BCUT2D eigenvalue weighted by atomic mass is 10.3. The van der Waals surface area contributed by atoms with Gasteiger partial charge in [-0.15, -0.1) is 0 Å². The summed E-state index contributed by atoms with van der Waals surface area (Å²) in [5.74, 6) is 1.31. The van der Waals surface area contributed by atoms with Gasteiger partial charge in [0.25, 0.3) is 5.91 Å². The molecule has 0 saturated carbocycles. The van der Waals surface area contributed by atoms with Gasteiger partial charge < -0.3 is 14.5 Å². The number of amides is 1. The molecule has 0 atom stereocenters. The second-order valence-corrected chi connectivity index (χ2v) is 4.63. The van der Waals surface area contributed by atoms with Crippen molar-refractivity contribution in [2.75, 3.05) is 20.3 Å². The van der Waals surface area contributed by atoms with Crippen LogP contribution in [-0.4, -0.2) is 36.2 Å². The molecule has 1 saturated heterocycles. The number of furan rings is 1. The lowest BCUT2D eigenvalue weighted by molar-refractivity contribution is -0.122. The van der Waals surface area contributed by atoms with Crippen LogP contribution in [0, 0.1) is 6.92 Å². The van der Waals surface area contributed by atoms with Crippen LogP contribution in [0.5, 0.6) is 0 Å². The molecule has 1 aromatic heterocycles. The summed E-state index contributed by atoms with van der Waals surface area (Å²) in [6, 6.07) is 3.66. The van der Waals surface area contributed by atoms with Crippen molar-refractivity contribution in [1.82, 2.24) is 10.2 Å². The Hall–Kier alpha value is -1.66. The number of thiocarbonyl (C=S) groups is 1. The van der Waals surface area contributed by atoms with Gasteiger partial charge in [0.2, 0.25) is 0 Å². The molecule has 0 unspecified atom stereocenters. The highest BCUT2D eigenvalue weighted by Crippen LogP contribution is 2.16. The van der Waals surface area contributed by atoms with Gasteiger partial charge in [0.15, 0.2) is 5.11 Å². The Morgan fingerprint density at radius 3 is 2.95 bits per heavy atom. The summed E-state index contributed by atoms with van der Waals surface area (Å²) in [4.78, 5) is 13.7. The van der Waals surface area contributed by atoms with Crippen molar-refractivity contribution in [2.24, 2.45) is 0 Å². The SMILES string of the molecule is COCCCN1C(=O)/C(=C\c2ccc(C)o2)NC1=S. The van der Waals surface area contributed by atoms with Crippen LogP contribution < -0.4 is 5.32 Å². The molecule has 0 bridgehead atoms. The quantitative estimate of drug-likeness (QED) is 0.505. The van der Waals surface area contributed by atoms with Crippen LogP contribution in [0.4, 0.5) is 0 Å². The first-order valence-corrected chi connectivity index (χ1v) is 6.42. The number of nitrogens with zero attached hydrogens (tertiary/aromatic N) is 1. The van der Waals surface area contributed by atoms with Gasteiger partial charge in [-0.1, -0.05) is 0 Å². The molecule has 19 heavy (non-hydrogen) atoms. The Labute approximate surface area is 117 Å². The van der Waals surface area contributed by atoms with Crippen LogP contribution in [-0.2, 0) is 9.53 Å². The molecule has 6 heteroatoms. The standard InChI is InChI=1S/C13H16N2O3S/c1-9-4-5-10(18-9)8-11-12(16)15(13(19)14-11)6-3-7-17-2/h4-5,8H,3,6-7H2,1-2H3,(H,14,19)/b11-8+. The van der Waals surface area contributed by atoms with Crippen LogP contribution >= 0.6 is 12.2 Å². The molecule has 1 N–H and O–H groups in total. The van der Waals surface area contributed by atoms with Crippen molar-refractivity contribution in [2.45, 2.75) is 13.3 Å². The van der Waals surface area contributed by atoms with Crippen molar-refractivity contribution < 1.29 is 13.9 Å². The van der Waals surface area contributed by atoms with Crippen LogP contribution in [0.1, 0.15) is 17.9 Å². The molecule has 1 aromatic rings. The van der Waals surface area contributed by atoms with Crippen molar-refractivity contribution in [3.05, 3.63) is 29.4 Å². The second kappa shape index (κ2) is 5.99. The van der Waals surface area contributed by atoms with E-state index >= 15 is 0 Å². The average molecular weight is 280 g/mol. The summed E-state index contributed by atoms with van der Waals surface area (Å²) in [7, 11) is 1.63. The Balaban J connectivity index is 2.07. The molecular weight excluding hydrogens is 264 g/mol. The van der Waals surface area contributed by atoms with Crippen molar-refractivity contribution in [1.29, 1.82) is 0 Å². The molecular formula is C13H16N2O3S. The molecule has 1 amide bonds. The lowest BCUT2D eigenvalue weighted by Crippen LogP contribution is -2.32. The van der Waals surface area contributed by atoms with E-state index in [4.69, 9.17) is 21.4 Å². The van der Waals surface area contributed by atoms with Gasteiger partial charge in [-0.2, -0.15) is 0 Å². The first kappa shape index (κ1) is 13.8. The summed E-state index contributed by atoms with van der Waals surface area (Å²) >= 11 is 5.15. The first-order chi connectivity index (χ1) is 9.11. The highest BCUT2D eigenvalue weighted by atomic mass is 32.1. The van der Waals surface area contributed by atoms with Gasteiger partial charge >= 0.3 is 0 Å². The largest absolute Gasteiger partial charge is 0.462 e. The zero-order valence-corrected chi connectivity index (χ0v) is 11.8. The maximum absolute atomic E-state index is 12.1. The normalized spacial score (nSPS) is 17.4. The third kappa shape index (κ3) is 3.21. The molecule has 2 heterocycles. The van der Waals surface area contributed by atoms with Crippen LogP contribution in [0.25, 0.3) is 6.08 Å². The van der Waals surface area contributed by atoms with E-state index in [0.717, 1.165) is 12.2 Å². The smallest absolute Gasteiger partial charge is 0.276 e. The minimum Gasteiger partial charge on any atom is -0.462 e. The summed E-state index contributed by atoms with van der Waals surface area (Å²) in [5, 5.41) is 3.33. The van der Waals surface area contributed by atoms with Gasteiger partial charge in [0, 0.05) is 26.3 Å². The highest BCUT2D eigenvalue weighted by Gasteiger charge is 2.30. The van der Waals surface area contributed by atoms with Gasteiger partial charge in [0.1, 0.15) is 17.2 Å². The van der Waals surface area contributed by atoms with E-state index in [-0.39, 0.29) is 5.91 Å². The highest BCUT2D eigenvalue weighted by molar-refractivity contribution is 7.80. The maximum Gasteiger partial charge on any atom is 0.276 e. The number of nitrogens with one attached hydrogen (secondary N) is 1. The molecule has 1 aliphatic rings. The minimum absolute atomic E-state index is 0.129. The Bertz CT molecular complexity index is 522. The van der Waals surface area contributed by atoms with E-state index in [1.54, 1.807) is 13.2 Å². The summed E-state index contributed by atoms with van der Waals surface area (Å²) in [6.07, 6.45) is 2.41. The fourth-order valence-electron chi connectivity index (χ4n) is 1.81. The van der Waals surface area contributed by atoms with Crippen molar-refractivity contribution in [3.63, 3.8) is 0 Å². The van der Waals surface area contributed by atoms with E-state index in [0.29, 0.717) is 29.7 Å². The fraction of sp³-hybridized carbons (Fsp3) is 0.385. The van der Waals surface area contributed by atoms with E-state index in [2.05, 4.69) is 5.32 Å². The summed E-state index contributed by atoms with van der Waals surface area (Å²) in [5.41, 5.74) is 0.441. The van der Waals surface area contributed by atoms with Gasteiger partial charge in [-0.25, -0.2) is 0 Å². The number of carbonyl (C=O) groups is 1. The minimum atomic E-state index is -0.129. The van der Waals surface area contributed by atoms with Gasteiger partial charge in [0.05, 0.1) is 0 Å². The number of methoxy groups -OCH3 is 1. The average Bonchev–Trinajstić information content (AvgIpc) is 2.88. The second-order valence-electron chi connectivity index (χ2n) is 4.24. The first-order valence-electron chi connectivity index (χ1n) is 6.01. The van der Waals surface area contributed by atoms with E-state index < -0.39 is 0 Å². The predicted octanol–water partition coefficient (Wildman–Crippen LogP) is 1.68. The molecule has 1 fully saturated rings. The number of ether oxygens (including phenoxy) is 1. The number of hydrogen-bond acceptors (Lipinski definition) is 4. The maximum atomic E-state index is 12.1. The number of carbonyl (C=O) groups excluding carboxylic acids is 1. The zero-order valence-electron chi connectivity index (χ0n) is 10.9. The van der Waals surface area contributed by atoms with Gasteiger partial charge in [-0.05, 0) is 37.7 Å².